The molecule has 0 aliphatic heterocycles. The molecule has 1 rings (SSSR count). The summed E-state index contributed by atoms with van der Waals surface area (Å²) in [5, 5.41) is 8.69. The third kappa shape index (κ3) is 6.36. The van der Waals surface area contributed by atoms with Crippen molar-refractivity contribution < 1.29 is 27.9 Å². The average molecular weight is 319 g/mol. The number of aromatic carboxylic acids is 1. The first-order valence-corrected chi connectivity index (χ1v) is 7.87. The molecule has 10 heteroatoms. The molecule has 0 radical (unpaired) electrons. The molecule has 1 heterocycles. The monoisotopic (exact) mass is 319 g/mol. The van der Waals surface area contributed by atoms with Gasteiger partial charge in [-0.15, -0.1) is 0 Å². The summed E-state index contributed by atoms with van der Waals surface area (Å²) >= 11 is 0. The SMILES string of the molecule is CCOC(=O)CCS(=O)(=O)NCCn1cnc(C(=O)O)c1. The van der Waals surface area contributed by atoms with Gasteiger partial charge in [0.1, 0.15) is 0 Å². The van der Waals surface area contributed by atoms with Crippen LogP contribution in [0.3, 0.4) is 0 Å². The average Bonchev–Trinajstić information content (AvgIpc) is 2.86. The van der Waals surface area contributed by atoms with E-state index in [1.807, 2.05) is 0 Å². The number of carbonyl (C=O) groups is 2. The molecule has 0 bridgehead atoms. The van der Waals surface area contributed by atoms with Crippen molar-refractivity contribution in [3.05, 3.63) is 18.2 Å². The molecule has 0 amide bonds. The lowest BCUT2D eigenvalue weighted by atomic mass is 10.5. The highest BCUT2D eigenvalue weighted by Gasteiger charge is 2.13. The van der Waals surface area contributed by atoms with E-state index in [0.717, 1.165) is 0 Å². The van der Waals surface area contributed by atoms with Crippen LogP contribution < -0.4 is 4.72 Å². The van der Waals surface area contributed by atoms with Crippen molar-refractivity contribution in [2.45, 2.75) is 19.9 Å². The van der Waals surface area contributed by atoms with Gasteiger partial charge < -0.3 is 14.4 Å². The van der Waals surface area contributed by atoms with E-state index in [9.17, 15) is 18.0 Å². The van der Waals surface area contributed by atoms with Gasteiger partial charge in [-0.1, -0.05) is 0 Å². The second kappa shape index (κ2) is 7.74. The zero-order chi connectivity index (χ0) is 15.9. The molecule has 0 aromatic carbocycles. The van der Waals surface area contributed by atoms with Gasteiger partial charge in [0, 0.05) is 19.3 Å². The van der Waals surface area contributed by atoms with Gasteiger partial charge in [-0.2, -0.15) is 0 Å². The quantitative estimate of drug-likeness (QED) is 0.585. The van der Waals surface area contributed by atoms with Gasteiger partial charge in [-0.05, 0) is 6.92 Å². The van der Waals surface area contributed by atoms with Gasteiger partial charge in [0.2, 0.25) is 10.0 Å². The molecule has 0 aliphatic rings. The minimum Gasteiger partial charge on any atom is -0.476 e. The number of nitrogens with zero attached hydrogens (tertiary/aromatic N) is 2. The standard InChI is InChI=1S/C11H17N3O6S/c1-2-20-10(15)3-6-21(18,19)13-4-5-14-7-9(11(16)17)12-8-14/h7-8,13H,2-6H2,1H3,(H,16,17). The van der Waals surface area contributed by atoms with Gasteiger partial charge in [0.05, 0.1) is 25.1 Å². The summed E-state index contributed by atoms with van der Waals surface area (Å²) in [6.07, 6.45) is 2.39. The zero-order valence-electron chi connectivity index (χ0n) is 11.5. The highest BCUT2D eigenvalue weighted by Crippen LogP contribution is 1.97. The van der Waals surface area contributed by atoms with Gasteiger partial charge in [0.15, 0.2) is 5.69 Å². The fourth-order valence-corrected chi connectivity index (χ4v) is 2.43. The lowest BCUT2D eigenvalue weighted by Crippen LogP contribution is -2.30. The Morgan fingerprint density at radius 2 is 2.19 bits per heavy atom. The summed E-state index contributed by atoms with van der Waals surface area (Å²) in [6.45, 7) is 2.15. The molecule has 118 valence electrons. The Hall–Kier alpha value is -1.94. The number of nitrogens with one attached hydrogen (secondary N) is 1. The van der Waals surface area contributed by atoms with Gasteiger partial charge >= 0.3 is 11.9 Å². The predicted molar refractivity (Wildman–Crippen MR) is 72.2 cm³/mol. The molecular weight excluding hydrogens is 302 g/mol. The molecular formula is C11H17N3O6S. The van der Waals surface area contributed by atoms with Crippen molar-refractivity contribution in [1.29, 1.82) is 0 Å². The number of esters is 1. The summed E-state index contributed by atoms with van der Waals surface area (Å²) in [5.74, 6) is -2.07. The summed E-state index contributed by atoms with van der Waals surface area (Å²) in [7, 11) is -3.58. The minimum absolute atomic E-state index is 0.0700. The Morgan fingerprint density at radius 3 is 2.76 bits per heavy atom. The Morgan fingerprint density at radius 1 is 1.48 bits per heavy atom. The number of hydrogen-bond acceptors (Lipinski definition) is 6. The number of carboxylic acids is 1. The fourth-order valence-electron chi connectivity index (χ4n) is 1.45. The normalized spacial score (nSPS) is 11.3. The Kier molecular flexibility index (Phi) is 6.31. The summed E-state index contributed by atoms with van der Waals surface area (Å²) in [4.78, 5) is 25.3. The van der Waals surface area contributed by atoms with Crippen molar-refractivity contribution in [2.75, 3.05) is 18.9 Å². The lowest BCUT2D eigenvalue weighted by Gasteiger charge is -2.07. The molecule has 21 heavy (non-hydrogen) atoms. The van der Waals surface area contributed by atoms with E-state index >= 15 is 0 Å². The van der Waals surface area contributed by atoms with E-state index in [4.69, 9.17) is 5.11 Å². The van der Waals surface area contributed by atoms with Crippen molar-refractivity contribution in [3.8, 4) is 0 Å². The number of rotatable bonds is 9. The maximum absolute atomic E-state index is 11.6. The van der Waals surface area contributed by atoms with Crippen LogP contribution in [0, 0.1) is 0 Å². The summed E-state index contributed by atoms with van der Waals surface area (Å²) in [5.41, 5.74) is -0.111. The van der Waals surface area contributed by atoms with Crippen LogP contribution in [-0.4, -0.2) is 53.9 Å². The topological polar surface area (TPSA) is 128 Å². The number of ether oxygens (including phenoxy) is 1. The number of sulfonamides is 1. The van der Waals surface area contributed by atoms with Gasteiger partial charge in [0.25, 0.3) is 0 Å². The molecule has 9 nitrogen and oxygen atoms in total. The second-order valence-corrected chi connectivity index (χ2v) is 6.00. The van der Waals surface area contributed by atoms with Crippen LogP contribution in [0.2, 0.25) is 0 Å². The maximum atomic E-state index is 11.6. The third-order valence-electron chi connectivity index (χ3n) is 2.42. The molecule has 0 saturated heterocycles. The molecule has 0 fully saturated rings. The Bertz CT molecular complexity index is 595. The third-order valence-corrected chi connectivity index (χ3v) is 3.81. The van der Waals surface area contributed by atoms with E-state index in [0.29, 0.717) is 0 Å². The molecule has 0 aliphatic carbocycles. The van der Waals surface area contributed by atoms with Crippen LogP contribution in [0.5, 0.6) is 0 Å². The van der Waals surface area contributed by atoms with Crippen LogP contribution >= 0.6 is 0 Å². The summed E-state index contributed by atoms with van der Waals surface area (Å²) in [6, 6.07) is 0. The Balaban J connectivity index is 2.36. The summed E-state index contributed by atoms with van der Waals surface area (Å²) < 4.78 is 31.6. The van der Waals surface area contributed by atoms with E-state index < -0.39 is 22.0 Å². The van der Waals surface area contributed by atoms with Crippen LogP contribution in [0.25, 0.3) is 0 Å². The smallest absolute Gasteiger partial charge is 0.356 e. The molecule has 2 N–H and O–H groups in total. The molecule has 1 aromatic rings. The van der Waals surface area contributed by atoms with Crippen molar-refractivity contribution in [3.63, 3.8) is 0 Å². The van der Waals surface area contributed by atoms with E-state index in [1.54, 1.807) is 6.92 Å². The largest absolute Gasteiger partial charge is 0.476 e. The highest BCUT2D eigenvalue weighted by molar-refractivity contribution is 7.89. The molecule has 0 spiro atoms. The Labute approximate surface area is 122 Å². The molecule has 0 saturated carbocycles. The molecule has 0 atom stereocenters. The predicted octanol–water partition coefficient (Wildman–Crippen LogP) is -0.546. The number of aromatic nitrogens is 2. The van der Waals surface area contributed by atoms with Crippen molar-refractivity contribution >= 4 is 22.0 Å². The first kappa shape index (κ1) is 17.1. The van der Waals surface area contributed by atoms with E-state index in [2.05, 4.69) is 14.4 Å². The lowest BCUT2D eigenvalue weighted by molar-refractivity contribution is -0.142. The van der Waals surface area contributed by atoms with Crippen LogP contribution in [0.1, 0.15) is 23.8 Å². The maximum Gasteiger partial charge on any atom is 0.356 e. The van der Waals surface area contributed by atoms with Crippen molar-refractivity contribution in [2.24, 2.45) is 0 Å². The minimum atomic E-state index is -3.58. The zero-order valence-corrected chi connectivity index (χ0v) is 12.3. The fraction of sp³-hybridized carbons (Fsp3) is 0.545. The number of imidazole rings is 1. The van der Waals surface area contributed by atoms with Crippen molar-refractivity contribution in [1.82, 2.24) is 14.3 Å². The molecule has 1 aromatic heterocycles. The van der Waals surface area contributed by atoms with E-state index in [-0.39, 0.29) is 37.6 Å². The number of hydrogen-bond donors (Lipinski definition) is 2. The number of carboxylic acid groups (broad SMARTS) is 1. The molecule has 0 unspecified atom stereocenters. The van der Waals surface area contributed by atoms with Crippen LogP contribution in [0.15, 0.2) is 12.5 Å². The van der Waals surface area contributed by atoms with Gasteiger partial charge in [-0.25, -0.2) is 22.9 Å². The second-order valence-electron chi connectivity index (χ2n) is 4.07. The van der Waals surface area contributed by atoms with Crippen LogP contribution in [0.4, 0.5) is 0 Å². The first-order chi connectivity index (χ1) is 9.84. The highest BCUT2D eigenvalue weighted by atomic mass is 32.2. The number of carbonyl (C=O) groups excluding carboxylic acids is 1. The van der Waals surface area contributed by atoms with Crippen LogP contribution in [-0.2, 0) is 26.1 Å². The van der Waals surface area contributed by atoms with E-state index in [1.165, 1.54) is 17.1 Å². The van der Waals surface area contributed by atoms with Gasteiger partial charge in [-0.3, -0.25) is 4.79 Å². The first-order valence-electron chi connectivity index (χ1n) is 6.22.